The first-order chi connectivity index (χ1) is 14.4. The number of esters is 2. The molecule has 8 nitrogen and oxygen atoms in total. The van der Waals surface area contributed by atoms with Crippen molar-refractivity contribution in [2.24, 2.45) is 0 Å². The molecule has 0 fully saturated rings. The number of rotatable bonds is 18. The fourth-order valence-corrected chi connectivity index (χ4v) is 2.24. The van der Waals surface area contributed by atoms with Crippen LogP contribution in [0.4, 0.5) is 0 Å². The second-order valence-corrected chi connectivity index (χ2v) is 8.71. The maximum absolute atomic E-state index is 12.2. The Bertz CT molecular complexity index is 502. The molecule has 0 saturated carbocycles. The van der Waals surface area contributed by atoms with E-state index < -0.39 is 23.1 Å². The van der Waals surface area contributed by atoms with E-state index in [1.807, 2.05) is 27.7 Å². The van der Waals surface area contributed by atoms with Crippen LogP contribution in [0.25, 0.3) is 0 Å². The van der Waals surface area contributed by atoms with Crippen LogP contribution in [-0.2, 0) is 38.0 Å². The molecule has 31 heavy (non-hydrogen) atoms. The van der Waals surface area contributed by atoms with E-state index >= 15 is 0 Å². The van der Waals surface area contributed by atoms with Crippen molar-refractivity contribution in [3.05, 3.63) is 0 Å². The monoisotopic (exact) mass is 448 g/mol. The minimum atomic E-state index is -1.03. The van der Waals surface area contributed by atoms with Gasteiger partial charge in [0, 0.05) is 13.2 Å². The van der Waals surface area contributed by atoms with Gasteiger partial charge in [-0.25, -0.2) is 9.59 Å². The number of carbonyl (C=O) groups excluding carboxylic acids is 2. The normalized spacial score (nSPS) is 13.3. The molecular weight excluding hydrogens is 404 g/mol. The summed E-state index contributed by atoms with van der Waals surface area (Å²) >= 11 is 0. The Hall–Kier alpha value is -1.22. The fourth-order valence-electron chi connectivity index (χ4n) is 2.24. The van der Waals surface area contributed by atoms with Gasteiger partial charge in [0.15, 0.2) is 11.2 Å². The summed E-state index contributed by atoms with van der Waals surface area (Å²) in [4.78, 5) is 24.3. The van der Waals surface area contributed by atoms with E-state index in [4.69, 9.17) is 28.4 Å². The Morgan fingerprint density at radius 2 is 1.10 bits per heavy atom. The van der Waals surface area contributed by atoms with Gasteiger partial charge < -0.3 is 28.4 Å². The largest absolute Gasteiger partial charge is 0.461 e. The summed E-state index contributed by atoms with van der Waals surface area (Å²) in [6.07, 6.45) is 2.52. The topological polar surface area (TPSA) is 89.5 Å². The smallest absolute Gasteiger partial charge is 0.337 e. The van der Waals surface area contributed by atoms with Gasteiger partial charge in [0.05, 0.1) is 25.4 Å². The molecule has 0 aromatic carbocycles. The van der Waals surface area contributed by atoms with Gasteiger partial charge in [0.1, 0.15) is 13.2 Å². The molecule has 0 rings (SSSR count). The quantitative estimate of drug-likeness (QED) is 0.232. The molecule has 0 N–H and O–H groups in total. The van der Waals surface area contributed by atoms with Crippen LogP contribution in [0.3, 0.4) is 0 Å². The summed E-state index contributed by atoms with van der Waals surface area (Å²) in [6.45, 7) is 16.5. The number of unbranched alkanes of at least 4 members (excludes halogenated alkanes) is 1. The Balaban J connectivity index is 3.97. The van der Waals surface area contributed by atoms with Crippen LogP contribution in [0.15, 0.2) is 0 Å². The molecule has 0 aliphatic carbocycles. The summed E-state index contributed by atoms with van der Waals surface area (Å²) in [5.41, 5.74) is -2.06. The third kappa shape index (κ3) is 14.5. The Morgan fingerprint density at radius 3 is 1.48 bits per heavy atom. The van der Waals surface area contributed by atoms with Crippen LogP contribution in [0, 0.1) is 0 Å². The standard InChI is InChI=1S/C23H44O8/c1-9-19(4)27-15-17-29-21(25)23(7,8)31-13-11-10-12-30-22(5,6)20(24)28-16-14-26-18(2)3/h18-19H,9-17H2,1-8H3. The van der Waals surface area contributed by atoms with Crippen molar-refractivity contribution in [1.82, 2.24) is 0 Å². The third-order valence-corrected chi connectivity index (χ3v) is 4.51. The maximum atomic E-state index is 12.2. The molecule has 8 heteroatoms. The maximum Gasteiger partial charge on any atom is 0.337 e. The number of carbonyl (C=O) groups is 2. The lowest BCUT2D eigenvalue weighted by Crippen LogP contribution is -2.38. The van der Waals surface area contributed by atoms with Gasteiger partial charge in [-0.1, -0.05) is 6.92 Å². The van der Waals surface area contributed by atoms with Gasteiger partial charge in [-0.15, -0.1) is 0 Å². The highest BCUT2D eigenvalue weighted by Crippen LogP contribution is 2.15. The van der Waals surface area contributed by atoms with Crippen molar-refractivity contribution in [3.8, 4) is 0 Å². The molecule has 0 aliphatic rings. The summed E-state index contributed by atoms with van der Waals surface area (Å²) in [5.74, 6) is -0.834. The lowest BCUT2D eigenvalue weighted by Gasteiger charge is -2.24. The number of hydrogen-bond donors (Lipinski definition) is 0. The zero-order valence-corrected chi connectivity index (χ0v) is 20.8. The Kier molecular flexibility index (Phi) is 14.9. The summed E-state index contributed by atoms with van der Waals surface area (Å²) < 4.78 is 32.6. The Morgan fingerprint density at radius 1 is 0.677 bits per heavy atom. The number of hydrogen-bond acceptors (Lipinski definition) is 8. The van der Waals surface area contributed by atoms with Crippen molar-refractivity contribution in [1.29, 1.82) is 0 Å². The molecule has 0 amide bonds. The van der Waals surface area contributed by atoms with E-state index in [9.17, 15) is 9.59 Å². The van der Waals surface area contributed by atoms with Crippen LogP contribution in [0.5, 0.6) is 0 Å². The molecule has 0 aliphatic heterocycles. The fraction of sp³-hybridized carbons (Fsp3) is 0.913. The van der Waals surface area contributed by atoms with Gasteiger partial charge >= 0.3 is 11.9 Å². The zero-order valence-electron chi connectivity index (χ0n) is 20.8. The zero-order chi connectivity index (χ0) is 23.9. The van der Waals surface area contributed by atoms with E-state index in [-0.39, 0.29) is 25.4 Å². The lowest BCUT2D eigenvalue weighted by molar-refractivity contribution is -0.172. The van der Waals surface area contributed by atoms with E-state index in [1.54, 1.807) is 27.7 Å². The van der Waals surface area contributed by atoms with Crippen LogP contribution in [0.1, 0.15) is 74.7 Å². The molecule has 0 aromatic heterocycles. The summed E-state index contributed by atoms with van der Waals surface area (Å²) in [7, 11) is 0. The van der Waals surface area contributed by atoms with E-state index in [0.29, 0.717) is 39.3 Å². The highest BCUT2D eigenvalue weighted by atomic mass is 16.6. The van der Waals surface area contributed by atoms with Crippen molar-refractivity contribution in [3.63, 3.8) is 0 Å². The van der Waals surface area contributed by atoms with Crippen LogP contribution in [-0.4, -0.2) is 75.0 Å². The lowest BCUT2D eigenvalue weighted by atomic mass is 10.1. The molecule has 184 valence electrons. The molecule has 0 radical (unpaired) electrons. The van der Waals surface area contributed by atoms with Crippen molar-refractivity contribution in [2.45, 2.75) is 98.1 Å². The average Bonchev–Trinajstić information content (AvgIpc) is 2.70. The molecule has 0 bridgehead atoms. The SMILES string of the molecule is CCC(C)OCCOC(=O)C(C)(C)OCCCCOC(C)(C)C(=O)OCCOC(C)C. The van der Waals surface area contributed by atoms with Gasteiger partial charge in [-0.3, -0.25) is 0 Å². The third-order valence-electron chi connectivity index (χ3n) is 4.51. The molecule has 0 heterocycles. The number of ether oxygens (including phenoxy) is 6. The average molecular weight is 449 g/mol. The molecule has 0 spiro atoms. The highest BCUT2D eigenvalue weighted by Gasteiger charge is 2.31. The highest BCUT2D eigenvalue weighted by molar-refractivity contribution is 5.78. The second kappa shape index (κ2) is 15.6. The molecule has 0 saturated heterocycles. The van der Waals surface area contributed by atoms with Crippen molar-refractivity contribution in [2.75, 3.05) is 39.6 Å². The van der Waals surface area contributed by atoms with Crippen LogP contribution < -0.4 is 0 Å². The predicted octanol–water partition coefficient (Wildman–Crippen LogP) is 3.68. The second-order valence-electron chi connectivity index (χ2n) is 8.71. The Labute approximate surface area is 188 Å². The summed E-state index contributed by atoms with van der Waals surface area (Å²) in [6, 6.07) is 0. The van der Waals surface area contributed by atoms with E-state index in [2.05, 4.69) is 0 Å². The van der Waals surface area contributed by atoms with E-state index in [0.717, 1.165) is 6.42 Å². The van der Waals surface area contributed by atoms with Gasteiger partial charge in [-0.05, 0) is 67.7 Å². The van der Waals surface area contributed by atoms with Gasteiger partial charge in [0.25, 0.3) is 0 Å². The first-order valence-corrected chi connectivity index (χ1v) is 11.3. The van der Waals surface area contributed by atoms with Gasteiger partial charge in [0.2, 0.25) is 0 Å². The summed E-state index contributed by atoms with van der Waals surface area (Å²) in [5, 5.41) is 0. The molecule has 1 atom stereocenters. The van der Waals surface area contributed by atoms with Crippen molar-refractivity contribution < 1.29 is 38.0 Å². The first kappa shape index (κ1) is 29.8. The molecular formula is C23H44O8. The first-order valence-electron chi connectivity index (χ1n) is 11.3. The predicted molar refractivity (Wildman–Crippen MR) is 118 cm³/mol. The minimum absolute atomic E-state index is 0.0978. The van der Waals surface area contributed by atoms with E-state index in [1.165, 1.54) is 0 Å². The van der Waals surface area contributed by atoms with Crippen molar-refractivity contribution >= 4 is 11.9 Å². The minimum Gasteiger partial charge on any atom is -0.461 e. The molecule has 1 unspecified atom stereocenters. The van der Waals surface area contributed by atoms with Crippen LogP contribution in [0.2, 0.25) is 0 Å². The molecule has 0 aromatic rings. The van der Waals surface area contributed by atoms with Crippen LogP contribution >= 0.6 is 0 Å². The van der Waals surface area contributed by atoms with Gasteiger partial charge in [-0.2, -0.15) is 0 Å².